The number of carbonyl (C=O) groups excluding carboxylic acids is 1. The van der Waals surface area contributed by atoms with Crippen molar-refractivity contribution in [3.63, 3.8) is 0 Å². The van der Waals surface area contributed by atoms with Gasteiger partial charge in [-0.1, -0.05) is 0 Å². The first-order valence-corrected chi connectivity index (χ1v) is 9.41. The Morgan fingerprint density at radius 2 is 1.86 bits per heavy atom. The van der Waals surface area contributed by atoms with E-state index in [4.69, 9.17) is 9.47 Å². The minimum absolute atomic E-state index is 0.00655. The summed E-state index contributed by atoms with van der Waals surface area (Å²) in [6.45, 7) is 0.896. The van der Waals surface area contributed by atoms with Crippen molar-refractivity contribution >= 4 is 27.4 Å². The average molecular weight is 412 g/mol. The number of hydrogen-bond acceptors (Lipinski definition) is 7. The smallest absolute Gasteiger partial charge is 0.326 e. The Kier molecular flexibility index (Phi) is 6.52. The van der Waals surface area contributed by atoms with Crippen LogP contribution in [0.15, 0.2) is 47.4 Å². The molecule has 0 atom stereocenters. The van der Waals surface area contributed by atoms with Crippen LogP contribution in [0, 0.1) is 15.9 Å². The number of ether oxygens (including phenoxy) is 2. The number of nitrogens with zero attached hydrogens (tertiary/aromatic N) is 2. The summed E-state index contributed by atoms with van der Waals surface area (Å²) in [5.74, 6) is -1.56. The lowest BCUT2D eigenvalue weighted by Gasteiger charge is -2.23. The van der Waals surface area contributed by atoms with Gasteiger partial charge in [0.05, 0.1) is 29.2 Å². The Bertz CT molecular complexity index is 978. The van der Waals surface area contributed by atoms with E-state index in [9.17, 15) is 27.7 Å². The third kappa shape index (κ3) is 4.55. The number of carbonyl (C=O) groups is 1. The Morgan fingerprint density at radius 1 is 1.21 bits per heavy atom. The number of rotatable bonds is 8. The summed E-state index contributed by atoms with van der Waals surface area (Å²) in [6.07, 6.45) is 0. The number of esters is 1. The molecule has 2 aromatic carbocycles. The molecule has 2 aromatic rings. The van der Waals surface area contributed by atoms with Crippen molar-refractivity contribution in [2.24, 2.45) is 0 Å². The number of halogens is 1. The van der Waals surface area contributed by atoms with Gasteiger partial charge in [0, 0.05) is 6.07 Å². The van der Waals surface area contributed by atoms with E-state index in [0.29, 0.717) is 4.31 Å². The molecular weight excluding hydrogens is 395 g/mol. The van der Waals surface area contributed by atoms with E-state index in [0.717, 1.165) is 30.3 Å². The maximum Gasteiger partial charge on any atom is 0.326 e. The third-order valence-electron chi connectivity index (χ3n) is 3.63. The van der Waals surface area contributed by atoms with Gasteiger partial charge in [-0.15, -0.1) is 0 Å². The molecule has 0 unspecified atom stereocenters. The monoisotopic (exact) mass is 412 g/mol. The van der Waals surface area contributed by atoms with Gasteiger partial charge in [-0.05, 0) is 43.3 Å². The van der Waals surface area contributed by atoms with Crippen LogP contribution in [0.4, 0.5) is 15.8 Å². The minimum Gasteiger partial charge on any atom is -0.490 e. The van der Waals surface area contributed by atoms with Gasteiger partial charge in [0.2, 0.25) is 0 Å². The number of sulfonamides is 1. The largest absolute Gasteiger partial charge is 0.490 e. The topological polar surface area (TPSA) is 116 Å². The maximum absolute atomic E-state index is 13.2. The van der Waals surface area contributed by atoms with E-state index in [1.165, 1.54) is 19.2 Å². The van der Waals surface area contributed by atoms with Crippen molar-refractivity contribution in [2.75, 3.05) is 24.6 Å². The zero-order valence-electron chi connectivity index (χ0n) is 15.0. The summed E-state index contributed by atoms with van der Waals surface area (Å²) in [6, 6.07) is 7.48. The molecule has 0 saturated carbocycles. The van der Waals surface area contributed by atoms with Gasteiger partial charge in [-0.3, -0.25) is 19.2 Å². The van der Waals surface area contributed by atoms with Crippen LogP contribution in [-0.4, -0.2) is 39.6 Å². The van der Waals surface area contributed by atoms with Gasteiger partial charge in [0.1, 0.15) is 12.4 Å². The first kappa shape index (κ1) is 21.1. The SMILES string of the molecule is CCOC(=O)CN(c1ccc(F)cc1)S(=O)(=O)c1ccc(OC)c([N+](=O)[O-])c1. The molecule has 0 radical (unpaired) electrons. The molecular formula is C17H17FN2O7S. The number of hydrogen-bond donors (Lipinski definition) is 0. The van der Waals surface area contributed by atoms with Gasteiger partial charge in [0.15, 0.2) is 5.75 Å². The molecule has 0 aromatic heterocycles. The van der Waals surface area contributed by atoms with E-state index in [2.05, 4.69) is 0 Å². The summed E-state index contributed by atoms with van der Waals surface area (Å²) in [5, 5.41) is 11.2. The van der Waals surface area contributed by atoms with E-state index in [1.807, 2.05) is 0 Å². The number of nitro benzene ring substituents is 1. The van der Waals surface area contributed by atoms with Gasteiger partial charge in [-0.2, -0.15) is 0 Å². The van der Waals surface area contributed by atoms with Gasteiger partial charge >= 0.3 is 11.7 Å². The quantitative estimate of drug-likeness (QED) is 0.371. The summed E-state index contributed by atoms with van der Waals surface area (Å²) < 4.78 is 49.8. The third-order valence-corrected chi connectivity index (χ3v) is 5.40. The van der Waals surface area contributed by atoms with Crippen molar-refractivity contribution in [1.29, 1.82) is 0 Å². The molecule has 2 rings (SSSR count). The van der Waals surface area contributed by atoms with Crippen molar-refractivity contribution in [3.05, 3.63) is 58.4 Å². The van der Waals surface area contributed by atoms with Crippen LogP contribution < -0.4 is 9.04 Å². The zero-order valence-corrected chi connectivity index (χ0v) is 15.8. The van der Waals surface area contributed by atoms with E-state index in [1.54, 1.807) is 6.92 Å². The number of nitro groups is 1. The van der Waals surface area contributed by atoms with Crippen LogP contribution in [0.1, 0.15) is 6.92 Å². The van der Waals surface area contributed by atoms with Crippen LogP contribution in [0.5, 0.6) is 5.75 Å². The normalized spacial score (nSPS) is 11.0. The number of benzene rings is 2. The highest BCUT2D eigenvalue weighted by Crippen LogP contribution is 2.32. The fourth-order valence-corrected chi connectivity index (χ4v) is 3.78. The Labute approximate surface area is 160 Å². The molecule has 0 heterocycles. The van der Waals surface area contributed by atoms with Gasteiger partial charge < -0.3 is 9.47 Å². The molecule has 0 bridgehead atoms. The molecule has 0 aliphatic rings. The van der Waals surface area contributed by atoms with Crippen LogP contribution in [-0.2, 0) is 19.6 Å². The molecule has 9 nitrogen and oxygen atoms in total. The lowest BCUT2D eigenvalue weighted by Crippen LogP contribution is -2.36. The zero-order chi connectivity index (χ0) is 20.9. The first-order valence-electron chi connectivity index (χ1n) is 7.97. The Hall–Kier alpha value is -3.21. The standard InChI is InChI=1S/C17H17FN2O7S/c1-3-27-17(21)11-19(13-6-4-12(18)5-7-13)28(24,25)14-8-9-16(26-2)15(10-14)20(22)23/h4-10H,3,11H2,1-2H3. The molecule has 28 heavy (non-hydrogen) atoms. The van der Waals surface area contributed by atoms with E-state index < -0.39 is 43.9 Å². The molecule has 0 amide bonds. The lowest BCUT2D eigenvalue weighted by molar-refractivity contribution is -0.386. The average Bonchev–Trinajstić information content (AvgIpc) is 2.66. The first-order chi connectivity index (χ1) is 13.2. The van der Waals surface area contributed by atoms with Crippen LogP contribution in [0.3, 0.4) is 0 Å². The van der Waals surface area contributed by atoms with Crippen molar-refractivity contribution < 1.29 is 32.0 Å². The number of anilines is 1. The van der Waals surface area contributed by atoms with Crippen molar-refractivity contribution in [2.45, 2.75) is 11.8 Å². The Morgan fingerprint density at radius 3 is 2.39 bits per heavy atom. The predicted molar refractivity (Wildman–Crippen MR) is 97.2 cm³/mol. The van der Waals surface area contributed by atoms with Crippen LogP contribution >= 0.6 is 0 Å². The van der Waals surface area contributed by atoms with Crippen molar-refractivity contribution in [3.8, 4) is 5.75 Å². The Balaban J connectivity index is 2.57. The van der Waals surface area contributed by atoms with Crippen LogP contribution in [0.25, 0.3) is 0 Å². The summed E-state index contributed by atoms with van der Waals surface area (Å²) in [7, 11) is -3.20. The molecule has 0 aliphatic heterocycles. The molecule has 0 saturated heterocycles. The second kappa shape index (κ2) is 8.65. The highest BCUT2D eigenvalue weighted by atomic mass is 32.2. The highest BCUT2D eigenvalue weighted by Gasteiger charge is 2.30. The fourth-order valence-electron chi connectivity index (χ4n) is 2.35. The molecule has 0 fully saturated rings. The van der Waals surface area contributed by atoms with Gasteiger partial charge in [0.25, 0.3) is 10.0 Å². The predicted octanol–water partition coefficient (Wildman–Crippen LogP) is 2.50. The van der Waals surface area contributed by atoms with Crippen LogP contribution in [0.2, 0.25) is 0 Å². The van der Waals surface area contributed by atoms with Gasteiger partial charge in [-0.25, -0.2) is 12.8 Å². The van der Waals surface area contributed by atoms with E-state index >= 15 is 0 Å². The highest BCUT2D eigenvalue weighted by molar-refractivity contribution is 7.92. The summed E-state index contributed by atoms with van der Waals surface area (Å²) in [4.78, 5) is 21.9. The second-order valence-corrected chi connectivity index (χ2v) is 7.25. The fraction of sp³-hybridized carbons (Fsp3) is 0.235. The summed E-state index contributed by atoms with van der Waals surface area (Å²) >= 11 is 0. The second-order valence-electron chi connectivity index (χ2n) is 5.38. The number of methoxy groups -OCH3 is 1. The molecule has 0 spiro atoms. The molecule has 0 N–H and O–H groups in total. The minimum atomic E-state index is -4.41. The van der Waals surface area contributed by atoms with Crippen molar-refractivity contribution in [1.82, 2.24) is 0 Å². The maximum atomic E-state index is 13.2. The molecule has 0 aliphatic carbocycles. The molecule has 150 valence electrons. The molecule has 11 heteroatoms. The summed E-state index contributed by atoms with van der Waals surface area (Å²) in [5.41, 5.74) is -0.563. The van der Waals surface area contributed by atoms with E-state index in [-0.39, 0.29) is 18.0 Å². The lowest BCUT2D eigenvalue weighted by atomic mass is 10.3.